The van der Waals surface area contributed by atoms with Crippen molar-refractivity contribution in [3.8, 4) is 22.3 Å². The van der Waals surface area contributed by atoms with E-state index < -0.39 is 11.9 Å². The van der Waals surface area contributed by atoms with Gasteiger partial charge in [-0.3, -0.25) is 14.4 Å². The summed E-state index contributed by atoms with van der Waals surface area (Å²) in [5, 5.41) is 6.33. The fourth-order valence-corrected chi connectivity index (χ4v) is 3.97. The molecule has 0 aliphatic carbocycles. The Labute approximate surface area is 207 Å². The highest BCUT2D eigenvalue weighted by molar-refractivity contribution is 5.83. The van der Waals surface area contributed by atoms with Crippen molar-refractivity contribution in [2.45, 2.75) is 26.6 Å². The summed E-state index contributed by atoms with van der Waals surface area (Å²) in [5.74, 6) is 0. The van der Waals surface area contributed by atoms with E-state index in [1.165, 1.54) is 17.6 Å². The van der Waals surface area contributed by atoms with Crippen molar-refractivity contribution in [2.24, 2.45) is 5.10 Å². The number of hydrogen-bond donors (Lipinski definition) is 0. The molecule has 2 aromatic carbocycles. The second-order valence-corrected chi connectivity index (χ2v) is 8.53. The maximum atomic E-state index is 13.0. The normalized spacial score (nSPS) is 12.0. The topological polar surface area (TPSA) is 50.5 Å². The first-order valence-corrected chi connectivity index (χ1v) is 11.3. The van der Waals surface area contributed by atoms with Crippen molar-refractivity contribution in [3.05, 3.63) is 107 Å². The molecule has 0 atom stereocenters. The molecule has 8 heteroatoms. The van der Waals surface area contributed by atoms with Crippen LogP contribution in [-0.4, -0.2) is 28.0 Å². The number of rotatable bonds is 6. The van der Waals surface area contributed by atoms with Crippen molar-refractivity contribution >= 4 is 6.41 Å². The third-order valence-corrected chi connectivity index (χ3v) is 5.83. The average Bonchev–Trinajstić information content (AvgIpc) is 2.85. The third-order valence-electron chi connectivity index (χ3n) is 5.83. The Kier molecular flexibility index (Phi) is 7.05. The first kappa shape index (κ1) is 24.9. The molecule has 0 aliphatic heterocycles. The number of benzene rings is 2. The van der Waals surface area contributed by atoms with Gasteiger partial charge in [-0.2, -0.15) is 18.3 Å². The van der Waals surface area contributed by atoms with E-state index in [0.29, 0.717) is 17.5 Å². The third kappa shape index (κ3) is 5.38. The number of aryl methyl sites for hydroxylation is 2. The summed E-state index contributed by atoms with van der Waals surface area (Å²) in [6, 6.07) is 22.0. The fourth-order valence-electron chi connectivity index (χ4n) is 3.97. The van der Waals surface area contributed by atoms with Crippen LogP contribution in [-0.2, 0) is 17.5 Å². The molecule has 0 N–H and O–H groups in total. The van der Waals surface area contributed by atoms with Crippen LogP contribution in [0.15, 0.2) is 84.1 Å². The number of alkyl halides is 3. The molecule has 4 rings (SSSR count). The molecule has 0 radical (unpaired) electrons. The van der Waals surface area contributed by atoms with Gasteiger partial charge in [0.1, 0.15) is 5.69 Å². The lowest BCUT2D eigenvalue weighted by Crippen LogP contribution is -2.28. The molecular weight excluding hydrogens is 465 g/mol. The van der Waals surface area contributed by atoms with E-state index in [9.17, 15) is 18.0 Å². The molecule has 2 aromatic heterocycles. The van der Waals surface area contributed by atoms with Crippen molar-refractivity contribution in [2.75, 3.05) is 7.05 Å². The Balaban J connectivity index is 1.85. The fraction of sp³-hybridized carbons (Fsp3) is 0.179. The Morgan fingerprint density at radius 1 is 0.944 bits per heavy atom. The van der Waals surface area contributed by atoms with E-state index in [1.807, 2.05) is 67.6 Å². The summed E-state index contributed by atoms with van der Waals surface area (Å²) in [7, 11) is 1.71. The molecule has 0 fully saturated rings. The van der Waals surface area contributed by atoms with Crippen LogP contribution in [0.3, 0.4) is 0 Å². The Bertz CT molecular complexity index is 1440. The quantitative estimate of drug-likeness (QED) is 0.252. The summed E-state index contributed by atoms with van der Waals surface area (Å²) in [6.07, 6.45) is -2.16. The summed E-state index contributed by atoms with van der Waals surface area (Å²) in [4.78, 5) is 15.7. The number of hydrogen-bond acceptors (Lipinski definition) is 4. The highest BCUT2D eigenvalue weighted by atomic mass is 19.4. The number of aromatic nitrogens is 2. The van der Waals surface area contributed by atoms with Crippen LogP contribution in [0.5, 0.6) is 0 Å². The predicted molar refractivity (Wildman–Crippen MR) is 133 cm³/mol. The van der Waals surface area contributed by atoms with E-state index in [1.54, 1.807) is 18.3 Å². The molecule has 2 heterocycles. The van der Waals surface area contributed by atoms with Crippen molar-refractivity contribution in [1.29, 1.82) is 0 Å². The number of carbonyl (C=O) groups is 1. The highest BCUT2D eigenvalue weighted by Gasteiger charge is 2.32. The van der Waals surface area contributed by atoms with Gasteiger partial charge in [-0.15, -0.1) is 0 Å². The second kappa shape index (κ2) is 10.2. The molecule has 0 spiro atoms. The second-order valence-electron chi connectivity index (χ2n) is 8.53. The average molecular weight is 491 g/mol. The summed E-state index contributed by atoms with van der Waals surface area (Å²) in [5.41, 5.74) is 5.00. The first-order chi connectivity index (χ1) is 17.2. The SMILES string of the molecule is Cc1ccc(-c2ccn(C=O)/c(=N\N(C)Cc3ccc(C(F)(F)F)nc3C)c2-c2ccccc2)cc1. The zero-order valence-electron chi connectivity index (χ0n) is 20.1. The van der Waals surface area contributed by atoms with Gasteiger partial charge in [0.2, 0.25) is 6.41 Å². The van der Waals surface area contributed by atoms with Crippen LogP contribution >= 0.6 is 0 Å². The molecule has 0 aliphatic rings. The van der Waals surface area contributed by atoms with Crippen LogP contribution in [0.2, 0.25) is 0 Å². The molecule has 0 bridgehead atoms. The first-order valence-electron chi connectivity index (χ1n) is 11.3. The van der Waals surface area contributed by atoms with Crippen LogP contribution in [0, 0.1) is 13.8 Å². The van der Waals surface area contributed by atoms with Crippen LogP contribution < -0.4 is 5.49 Å². The van der Waals surface area contributed by atoms with Crippen molar-refractivity contribution < 1.29 is 18.0 Å². The largest absolute Gasteiger partial charge is 0.433 e. The molecule has 0 saturated heterocycles. The van der Waals surface area contributed by atoms with Gasteiger partial charge in [0.15, 0.2) is 5.49 Å². The van der Waals surface area contributed by atoms with Gasteiger partial charge in [0.05, 0.1) is 6.54 Å². The van der Waals surface area contributed by atoms with E-state index in [-0.39, 0.29) is 12.2 Å². The summed E-state index contributed by atoms with van der Waals surface area (Å²) < 4.78 is 40.4. The molecular formula is C28H25F3N4O. The van der Waals surface area contributed by atoms with Gasteiger partial charge in [0, 0.05) is 24.5 Å². The van der Waals surface area contributed by atoms with Gasteiger partial charge in [-0.25, -0.2) is 4.98 Å². The van der Waals surface area contributed by atoms with E-state index in [4.69, 9.17) is 5.10 Å². The molecule has 0 unspecified atom stereocenters. The standard InChI is InChI=1S/C28H25F3N4O/c1-19-9-11-21(12-10-19)24-15-16-35(18-36)27(26(24)22-7-5-4-6-8-22)33-34(3)17-23-13-14-25(28(29,30)31)32-20(23)2/h4-16,18H,17H2,1-3H3/b33-27-. The lowest BCUT2D eigenvalue weighted by Gasteiger charge is -2.18. The van der Waals surface area contributed by atoms with E-state index in [2.05, 4.69) is 4.98 Å². The molecule has 0 saturated carbocycles. The highest BCUT2D eigenvalue weighted by Crippen LogP contribution is 2.30. The van der Waals surface area contributed by atoms with E-state index >= 15 is 0 Å². The lowest BCUT2D eigenvalue weighted by atomic mass is 9.95. The van der Waals surface area contributed by atoms with Gasteiger partial charge in [-0.05, 0) is 48.2 Å². The Morgan fingerprint density at radius 3 is 2.25 bits per heavy atom. The lowest BCUT2D eigenvalue weighted by molar-refractivity contribution is -0.141. The summed E-state index contributed by atoms with van der Waals surface area (Å²) in [6.45, 7) is 3.76. The van der Waals surface area contributed by atoms with Crippen molar-refractivity contribution in [3.63, 3.8) is 0 Å². The van der Waals surface area contributed by atoms with E-state index in [0.717, 1.165) is 33.9 Å². The maximum Gasteiger partial charge on any atom is 0.433 e. The van der Waals surface area contributed by atoms with Crippen LogP contribution in [0.25, 0.3) is 22.3 Å². The zero-order valence-corrected chi connectivity index (χ0v) is 20.1. The zero-order chi connectivity index (χ0) is 25.9. The minimum absolute atomic E-state index is 0.207. The predicted octanol–water partition coefficient (Wildman–Crippen LogP) is 5.84. The summed E-state index contributed by atoms with van der Waals surface area (Å²) >= 11 is 0. The molecule has 36 heavy (non-hydrogen) atoms. The molecule has 5 nitrogen and oxygen atoms in total. The molecule has 4 aromatic rings. The smallest absolute Gasteiger partial charge is 0.294 e. The van der Waals surface area contributed by atoms with Gasteiger partial charge < -0.3 is 0 Å². The Hall–Kier alpha value is -4.20. The number of pyridine rings is 2. The Morgan fingerprint density at radius 2 is 1.64 bits per heavy atom. The monoisotopic (exact) mass is 490 g/mol. The van der Waals surface area contributed by atoms with Crippen LogP contribution in [0.1, 0.15) is 22.5 Å². The molecule has 0 amide bonds. The number of nitrogens with zero attached hydrogens (tertiary/aromatic N) is 4. The number of halogens is 3. The maximum absolute atomic E-state index is 13.0. The molecule has 184 valence electrons. The van der Waals surface area contributed by atoms with Gasteiger partial charge in [-0.1, -0.05) is 66.2 Å². The minimum atomic E-state index is -4.50. The van der Waals surface area contributed by atoms with Crippen molar-refractivity contribution in [1.82, 2.24) is 14.6 Å². The van der Waals surface area contributed by atoms with Crippen LogP contribution in [0.4, 0.5) is 13.2 Å². The minimum Gasteiger partial charge on any atom is -0.294 e. The van der Waals surface area contributed by atoms with Gasteiger partial charge in [0.25, 0.3) is 0 Å². The van der Waals surface area contributed by atoms with Gasteiger partial charge >= 0.3 is 6.18 Å². The number of carbonyl (C=O) groups excluding carboxylic acids is 1.